The summed E-state index contributed by atoms with van der Waals surface area (Å²) in [5.41, 5.74) is 0.542. The Balaban J connectivity index is 2.74. The minimum atomic E-state index is -1.07. The van der Waals surface area contributed by atoms with E-state index >= 15 is 0 Å². The Morgan fingerprint density at radius 1 is 1.50 bits per heavy atom. The summed E-state index contributed by atoms with van der Waals surface area (Å²) in [6.45, 7) is 1.35. The maximum Gasteiger partial charge on any atom is 0.216 e. The second-order valence-corrected chi connectivity index (χ2v) is 4.70. The monoisotopic (exact) mass is 317 g/mol. The number of ether oxygens (including phenoxy) is 1. The zero-order valence-electron chi connectivity index (χ0n) is 10.2. The fraction of sp³-hybridized carbons (Fsp3) is 0.417. The first-order valence-corrected chi connectivity index (χ1v) is 6.19. The standard InChI is InChI=1S/C12H16BrNO4/c1-7(15)14-6-10(16)12(17)8-3-4-11(18-2)9(13)5-8/h3-5,10,12,16-17H,6H2,1-2H3,(H,14,15). The quantitative estimate of drug-likeness (QED) is 0.756. The molecule has 0 aromatic heterocycles. The molecule has 1 aromatic carbocycles. The molecule has 3 N–H and O–H groups in total. The summed E-state index contributed by atoms with van der Waals surface area (Å²) < 4.78 is 5.76. The molecule has 6 heteroatoms. The smallest absolute Gasteiger partial charge is 0.216 e. The zero-order valence-corrected chi connectivity index (χ0v) is 11.8. The molecule has 100 valence electrons. The van der Waals surface area contributed by atoms with Gasteiger partial charge in [-0.05, 0) is 33.6 Å². The summed E-state index contributed by atoms with van der Waals surface area (Å²) in [6.07, 6.45) is -2.13. The Kier molecular flexibility index (Phi) is 5.58. The molecule has 2 atom stereocenters. The molecule has 0 bridgehead atoms. The number of amides is 1. The van der Waals surface area contributed by atoms with E-state index in [9.17, 15) is 15.0 Å². The van der Waals surface area contributed by atoms with Crippen molar-refractivity contribution < 1.29 is 19.7 Å². The van der Waals surface area contributed by atoms with Gasteiger partial charge >= 0.3 is 0 Å². The van der Waals surface area contributed by atoms with Crippen molar-refractivity contribution in [1.82, 2.24) is 5.32 Å². The number of benzene rings is 1. The molecule has 0 spiro atoms. The van der Waals surface area contributed by atoms with Crippen molar-refractivity contribution >= 4 is 21.8 Å². The van der Waals surface area contributed by atoms with E-state index in [1.165, 1.54) is 6.92 Å². The fourth-order valence-corrected chi connectivity index (χ4v) is 2.01. The topological polar surface area (TPSA) is 78.8 Å². The number of aliphatic hydroxyl groups is 2. The number of carbonyl (C=O) groups excluding carboxylic acids is 1. The second-order valence-electron chi connectivity index (χ2n) is 3.84. The van der Waals surface area contributed by atoms with Gasteiger partial charge in [0.15, 0.2) is 0 Å². The average molecular weight is 318 g/mol. The number of methoxy groups -OCH3 is 1. The van der Waals surface area contributed by atoms with E-state index in [4.69, 9.17) is 4.74 Å². The molecule has 0 saturated carbocycles. The first-order valence-electron chi connectivity index (χ1n) is 5.39. The maximum absolute atomic E-state index is 10.7. The third kappa shape index (κ3) is 3.97. The van der Waals surface area contributed by atoms with Crippen LogP contribution in [0.25, 0.3) is 0 Å². The highest BCUT2D eigenvalue weighted by Crippen LogP contribution is 2.28. The van der Waals surface area contributed by atoms with E-state index in [0.29, 0.717) is 15.8 Å². The molecule has 0 radical (unpaired) electrons. The molecular formula is C12H16BrNO4. The Hall–Kier alpha value is -1.11. The van der Waals surface area contributed by atoms with Crippen LogP contribution in [-0.2, 0) is 4.79 Å². The molecule has 1 amide bonds. The SMILES string of the molecule is COc1ccc(C(O)C(O)CNC(C)=O)cc1Br. The first-order chi connectivity index (χ1) is 8.45. The van der Waals surface area contributed by atoms with Crippen molar-refractivity contribution in [3.8, 4) is 5.75 Å². The van der Waals surface area contributed by atoms with Gasteiger partial charge in [0.05, 0.1) is 11.6 Å². The van der Waals surface area contributed by atoms with E-state index in [1.54, 1.807) is 25.3 Å². The van der Waals surface area contributed by atoms with Gasteiger partial charge in [0.25, 0.3) is 0 Å². The maximum atomic E-state index is 10.7. The van der Waals surface area contributed by atoms with E-state index in [-0.39, 0.29) is 12.5 Å². The Morgan fingerprint density at radius 3 is 2.67 bits per heavy atom. The van der Waals surface area contributed by atoms with E-state index in [2.05, 4.69) is 21.2 Å². The number of hydrogen-bond acceptors (Lipinski definition) is 4. The normalized spacial score (nSPS) is 13.8. The Morgan fingerprint density at radius 2 is 2.17 bits per heavy atom. The largest absolute Gasteiger partial charge is 0.496 e. The van der Waals surface area contributed by atoms with Gasteiger partial charge in [-0.15, -0.1) is 0 Å². The van der Waals surface area contributed by atoms with Crippen molar-refractivity contribution in [1.29, 1.82) is 0 Å². The van der Waals surface area contributed by atoms with Crippen LogP contribution in [0.5, 0.6) is 5.75 Å². The van der Waals surface area contributed by atoms with Crippen molar-refractivity contribution in [2.24, 2.45) is 0 Å². The van der Waals surface area contributed by atoms with Crippen molar-refractivity contribution in [3.63, 3.8) is 0 Å². The molecule has 0 heterocycles. The molecule has 18 heavy (non-hydrogen) atoms. The number of halogens is 1. The van der Waals surface area contributed by atoms with Crippen LogP contribution in [0.3, 0.4) is 0 Å². The molecule has 5 nitrogen and oxygen atoms in total. The Bertz CT molecular complexity index is 425. The van der Waals surface area contributed by atoms with Gasteiger partial charge in [-0.1, -0.05) is 6.07 Å². The number of carbonyl (C=O) groups is 1. The fourth-order valence-electron chi connectivity index (χ4n) is 1.45. The summed E-state index contributed by atoms with van der Waals surface area (Å²) in [5.74, 6) is 0.388. The predicted molar refractivity (Wildman–Crippen MR) is 70.3 cm³/mol. The summed E-state index contributed by atoms with van der Waals surface area (Å²) >= 11 is 3.30. The third-order valence-corrected chi connectivity index (χ3v) is 3.06. The average Bonchev–Trinajstić information content (AvgIpc) is 2.34. The van der Waals surface area contributed by atoms with E-state index in [1.807, 2.05) is 0 Å². The van der Waals surface area contributed by atoms with Crippen LogP contribution in [0.2, 0.25) is 0 Å². The highest BCUT2D eigenvalue weighted by atomic mass is 79.9. The number of nitrogens with one attached hydrogen (secondary N) is 1. The van der Waals surface area contributed by atoms with E-state index in [0.717, 1.165) is 0 Å². The lowest BCUT2D eigenvalue weighted by Gasteiger charge is -2.19. The minimum absolute atomic E-state index is 0.000147. The molecule has 1 rings (SSSR count). The van der Waals surface area contributed by atoms with Gasteiger partial charge in [0.1, 0.15) is 18.0 Å². The molecule has 1 aromatic rings. The lowest BCUT2D eigenvalue weighted by atomic mass is 10.0. The van der Waals surface area contributed by atoms with Crippen LogP contribution < -0.4 is 10.1 Å². The highest BCUT2D eigenvalue weighted by molar-refractivity contribution is 9.10. The number of aliphatic hydroxyl groups excluding tert-OH is 2. The molecule has 0 saturated heterocycles. The van der Waals surface area contributed by atoms with Gasteiger partial charge < -0.3 is 20.3 Å². The highest BCUT2D eigenvalue weighted by Gasteiger charge is 2.19. The van der Waals surface area contributed by atoms with Crippen molar-refractivity contribution in [2.45, 2.75) is 19.1 Å². The zero-order chi connectivity index (χ0) is 13.7. The van der Waals surface area contributed by atoms with E-state index < -0.39 is 12.2 Å². The molecular weight excluding hydrogens is 302 g/mol. The summed E-state index contributed by atoms with van der Waals surface area (Å²) in [7, 11) is 1.54. The van der Waals surface area contributed by atoms with Gasteiger partial charge in [-0.25, -0.2) is 0 Å². The van der Waals surface area contributed by atoms with Crippen LogP contribution in [0.4, 0.5) is 0 Å². The van der Waals surface area contributed by atoms with Gasteiger partial charge in [0.2, 0.25) is 5.91 Å². The minimum Gasteiger partial charge on any atom is -0.496 e. The van der Waals surface area contributed by atoms with Crippen LogP contribution in [0.1, 0.15) is 18.6 Å². The first kappa shape index (κ1) is 14.9. The Labute approximate surface area is 114 Å². The van der Waals surface area contributed by atoms with Crippen LogP contribution in [-0.4, -0.2) is 35.9 Å². The van der Waals surface area contributed by atoms with Gasteiger partial charge in [-0.2, -0.15) is 0 Å². The van der Waals surface area contributed by atoms with Crippen LogP contribution >= 0.6 is 15.9 Å². The number of rotatable bonds is 5. The summed E-state index contributed by atoms with van der Waals surface area (Å²) in [4.78, 5) is 10.7. The van der Waals surface area contributed by atoms with Crippen LogP contribution in [0, 0.1) is 0 Å². The lowest BCUT2D eigenvalue weighted by molar-refractivity contribution is -0.119. The second kappa shape index (κ2) is 6.72. The molecule has 0 fully saturated rings. The number of hydrogen-bond donors (Lipinski definition) is 3. The summed E-state index contributed by atoms with van der Waals surface area (Å²) in [6, 6.07) is 5.01. The predicted octanol–water partition coefficient (Wildman–Crippen LogP) is 0.988. The van der Waals surface area contributed by atoms with Crippen LogP contribution in [0.15, 0.2) is 22.7 Å². The van der Waals surface area contributed by atoms with Crippen molar-refractivity contribution in [2.75, 3.05) is 13.7 Å². The third-order valence-electron chi connectivity index (χ3n) is 2.44. The van der Waals surface area contributed by atoms with Gasteiger partial charge in [0, 0.05) is 13.5 Å². The van der Waals surface area contributed by atoms with Crippen molar-refractivity contribution in [3.05, 3.63) is 28.2 Å². The summed E-state index contributed by atoms with van der Waals surface area (Å²) in [5, 5.41) is 22.1. The lowest BCUT2D eigenvalue weighted by Crippen LogP contribution is -2.34. The molecule has 0 aliphatic rings. The molecule has 0 aliphatic heterocycles. The molecule has 2 unspecified atom stereocenters. The molecule has 0 aliphatic carbocycles. The van der Waals surface area contributed by atoms with Gasteiger partial charge in [-0.3, -0.25) is 4.79 Å².